The monoisotopic (exact) mass is 281 g/mol. The van der Waals surface area contributed by atoms with Crippen LogP contribution in [0, 0.1) is 0 Å². The molecular weight excluding hydrogens is 258 g/mol. The largest absolute Gasteiger partial charge is 0.384 e. The zero-order valence-corrected chi connectivity index (χ0v) is 12.6. The highest BCUT2D eigenvalue weighted by Crippen LogP contribution is 2.27. The number of benzene rings is 2. The Kier molecular flexibility index (Phi) is 4.37. The van der Waals surface area contributed by atoms with E-state index in [1.807, 2.05) is 0 Å². The van der Waals surface area contributed by atoms with Gasteiger partial charge >= 0.3 is 0 Å². The number of fused-ring (bicyclic) bond motifs is 1. The molecule has 1 atom stereocenters. The molecular formula is C19H23NO. The number of hydrogen-bond acceptors (Lipinski definition) is 2. The molecule has 2 N–H and O–H groups in total. The topological polar surface area (TPSA) is 35.2 Å². The van der Waals surface area contributed by atoms with Crippen LogP contribution < -0.4 is 5.73 Å². The van der Waals surface area contributed by atoms with E-state index in [-0.39, 0.29) is 6.04 Å². The van der Waals surface area contributed by atoms with Crippen molar-refractivity contribution < 1.29 is 4.74 Å². The van der Waals surface area contributed by atoms with Gasteiger partial charge in [-0.2, -0.15) is 0 Å². The first-order valence-corrected chi connectivity index (χ1v) is 7.73. The Balaban J connectivity index is 1.76. The molecule has 0 radical (unpaired) electrons. The van der Waals surface area contributed by atoms with E-state index in [2.05, 4.69) is 42.5 Å². The van der Waals surface area contributed by atoms with E-state index in [4.69, 9.17) is 10.5 Å². The van der Waals surface area contributed by atoms with Crippen molar-refractivity contribution in [3.63, 3.8) is 0 Å². The molecule has 2 heteroatoms. The zero-order valence-electron chi connectivity index (χ0n) is 12.6. The summed E-state index contributed by atoms with van der Waals surface area (Å²) in [6.07, 6.45) is 4.65. The molecule has 0 heterocycles. The molecule has 0 saturated heterocycles. The van der Waals surface area contributed by atoms with Gasteiger partial charge in [0.2, 0.25) is 0 Å². The van der Waals surface area contributed by atoms with Crippen LogP contribution in [0.3, 0.4) is 0 Å². The van der Waals surface area contributed by atoms with Crippen molar-refractivity contribution in [2.75, 3.05) is 13.7 Å². The van der Waals surface area contributed by atoms with Crippen molar-refractivity contribution in [2.45, 2.75) is 31.7 Å². The average Bonchev–Trinajstić information content (AvgIpc) is 3.00. The van der Waals surface area contributed by atoms with Crippen LogP contribution in [0.1, 0.15) is 40.3 Å². The van der Waals surface area contributed by atoms with Gasteiger partial charge in [-0.25, -0.2) is 0 Å². The van der Waals surface area contributed by atoms with Crippen LogP contribution >= 0.6 is 0 Å². The molecule has 3 rings (SSSR count). The van der Waals surface area contributed by atoms with Crippen LogP contribution in [-0.4, -0.2) is 13.7 Å². The smallest absolute Gasteiger partial charge is 0.0551 e. The maximum absolute atomic E-state index is 6.44. The maximum atomic E-state index is 6.44. The molecule has 2 aromatic carbocycles. The van der Waals surface area contributed by atoms with E-state index >= 15 is 0 Å². The van der Waals surface area contributed by atoms with Gasteiger partial charge in [0.15, 0.2) is 0 Å². The van der Waals surface area contributed by atoms with Crippen molar-refractivity contribution in [2.24, 2.45) is 5.73 Å². The van der Waals surface area contributed by atoms with Crippen LogP contribution in [0.5, 0.6) is 0 Å². The summed E-state index contributed by atoms with van der Waals surface area (Å²) in [5.74, 6) is 0. The van der Waals surface area contributed by atoms with Gasteiger partial charge in [0.05, 0.1) is 12.6 Å². The molecule has 21 heavy (non-hydrogen) atoms. The van der Waals surface area contributed by atoms with Crippen molar-refractivity contribution in [1.29, 1.82) is 0 Å². The van der Waals surface area contributed by atoms with Crippen LogP contribution in [0.4, 0.5) is 0 Å². The molecule has 0 aliphatic heterocycles. The van der Waals surface area contributed by atoms with Gasteiger partial charge in [-0.05, 0) is 53.5 Å². The Morgan fingerprint density at radius 2 is 1.71 bits per heavy atom. The summed E-state index contributed by atoms with van der Waals surface area (Å²) >= 11 is 0. The molecule has 1 aliphatic carbocycles. The second-order valence-corrected chi connectivity index (χ2v) is 5.84. The first-order chi connectivity index (χ1) is 10.3. The molecule has 0 spiro atoms. The molecule has 2 aromatic rings. The third kappa shape index (κ3) is 3.17. The van der Waals surface area contributed by atoms with Gasteiger partial charge in [-0.15, -0.1) is 0 Å². The molecule has 1 aliphatic rings. The fraction of sp³-hybridized carbons (Fsp3) is 0.368. The first kappa shape index (κ1) is 14.3. The Bertz CT molecular complexity index is 603. The van der Waals surface area contributed by atoms with Gasteiger partial charge in [0.25, 0.3) is 0 Å². The fourth-order valence-electron chi connectivity index (χ4n) is 3.09. The molecule has 1 unspecified atom stereocenters. The third-order valence-corrected chi connectivity index (χ3v) is 4.42. The first-order valence-electron chi connectivity index (χ1n) is 7.73. The van der Waals surface area contributed by atoms with Crippen molar-refractivity contribution in [3.8, 4) is 0 Å². The predicted molar refractivity (Wildman–Crippen MR) is 86.5 cm³/mol. The van der Waals surface area contributed by atoms with E-state index in [0.717, 1.165) is 13.0 Å². The summed E-state index contributed by atoms with van der Waals surface area (Å²) in [5, 5.41) is 0. The van der Waals surface area contributed by atoms with Crippen LogP contribution in [0.15, 0.2) is 42.5 Å². The number of rotatable bonds is 5. The standard InChI is InChI=1S/C19H23NO/c1-21-12-11-14-5-7-16(8-6-14)19(20)18-10-9-15-3-2-4-17(15)13-18/h5-10,13,19H,2-4,11-12,20H2,1H3. The van der Waals surface area contributed by atoms with Gasteiger partial charge < -0.3 is 10.5 Å². The number of ether oxygens (including phenoxy) is 1. The summed E-state index contributed by atoms with van der Waals surface area (Å²) in [6.45, 7) is 0.760. The minimum absolute atomic E-state index is 0.0348. The summed E-state index contributed by atoms with van der Waals surface area (Å²) in [7, 11) is 1.73. The minimum Gasteiger partial charge on any atom is -0.384 e. The lowest BCUT2D eigenvalue weighted by molar-refractivity contribution is 0.202. The second kappa shape index (κ2) is 6.42. The molecule has 0 saturated carbocycles. The van der Waals surface area contributed by atoms with Crippen LogP contribution in [-0.2, 0) is 24.0 Å². The summed E-state index contributed by atoms with van der Waals surface area (Å²) in [4.78, 5) is 0. The Morgan fingerprint density at radius 3 is 2.48 bits per heavy atom. The Morgan fingerprint density at radius 1 is 1.00 bits per heavy atom. The van der Waals surface area contributed by atoms with Crippen molar-refractivity contribution in [3.05, 3.63) is 70.3 Å². The van der Waals surface area contributed by atoms with Gasteiger partial charge in [-0.1, -0.05) is 42.5 Å². The number of aryl methyl sites for hydroxylation is 2. The van der Waals surface area contributed by atoms with E-state index in [9.17, 15) is 0 Å². The molecule has 2 nitrogen and oxygen atoms in total. The summed E-state index contributed by atoms with van der Waals surface area (Å²) < 4.78 is 5.11. The lowest BCUT2D eigenvalue weighted by atomic mass is 9.95. The fourth-order valence-corrected chi connectivity index (χ4v) is 3.09. The average molecular weight is 281 g/mol. The SMILES string of the molecule is COCCc1ccc(C(N)c2ccc3c(c2)CCC3)cc1. The van der Waals surface area contributed by atoms with E-state index in [0.29, 0.717) is 0 Å². The second-order valence-electron chi connectivity index (χ2n) is 5.84. The third-order valence-electron chi connectivity index (χ3n) is 4.42. The minimum atomic E-state index is -0.0348. The maximum Gasteiger partial charge on any atom is 0.0551 e. The summed E-state index contributed by atoms with van der Waals surface area (Å²) in [6, 6.07) is 15.3. The highest BCUT2D eigenvalue weighted by molar-refractivity contribution is 5.40. The van der Waals surface area contributed by atoms with E-state index in [1.165, 1.54) is 47.1 Å². The quantitative estimate of drug-likeness (QED) is 0.911. The van der Waals surface area contributed by atoms with Crippen molar-refractivity contribution in [1.82, 2.24) is 0 Å². The molecule has 0 amide bonds. The lowest BCUT2D eigenvalue weighted by Crippen LogP contribution is -2.12. The molecule has 0 fully saturated rings. The van der Waals surface area contributed by atoms with E-state index in [1.54, 1.807) is 7.11 Å². The van der Waals surface area contributed by atoms with Gasteiger partial charge in [0.1, 0.15) is 0 Å². The van der Waals surface area contributed by atoms with E-state index < -0.39 is 0 Å². The number of nitrogens with two attached hydrogens (primary N) is 1. The summed E-state index contributed by atoms with van der Waals surface area (Å²) in [5.41, 5.74) is 13.1. The molecule has 0 bridgehead atoms. The predicted octanol–water partition coefficient (Wildman–Crippen LogP) is 3.41. The normalized spacial score (nSPS) is 15.0. The molecule has 110 valence electrons. The van der Waals surface area contributed by atoms with Gasteiger partial charge in [0, 0.05) is 7.11 Å². The Labute approximate surface area is 126 Å². The highest BCUT2D eigenvalue weighted by Gasteiger charge is 2.14. The number of hydrogen-bond donors (Lipinski definition) is 1. The lowest BCUT2D eigenvalue weighted by Gasteiger charge is -2.15. The van der Waals surface area contributed by atoms with Crippen molar-refractivity contribution >= 4 is 0 Å². The highest BCUT2D eigenvalue weighted by atomic mass is 16.5. The zero-order chi connectivity index (χ0) is 14.7. The van der Waals surface area contributed by atoms with Gasteiger partial charge in [-0.3, -0.25) is 0 Å². The number of methoxy groups -OCH3 is 1. The van der Waals surface area contributed by atoms with Crippen LogP contribution in [0.25, 0.3) is 0 Å². The molecule has 0 aromatic heterocycles. The van der Waals surface area contributed by atoms with Crippen LogP contribution in [0.2, 0.25) is 0 Å². The Hall–Kier alpha value is -1.64.